The van der Waals surface area contributed by atoms with Gasteiger partial charge in [0.05, 0.1) is 17.8 Å². The summed E-state index contributed by atoms with van der Waals surface area (Å²) < 4.78 is 4.83. The van der Waals surface area contributed by atoms with Crippen LogP contribution in [0.25, 0.3) is 0 Å². The zero-order chi connectivity index (χ0) is 20.5. The number of ketones is 1. The molecule has 1 aromatic carbocycles. The molecule has 0 fully saturated rings. The molecule has 28 heavy (non-hydrogen) atoms. The maximum atomic E-state index is 11.9. The third-order valence-electron chi connectivity index (χ3n) is 4.04. The number of nitrogens with one attached hydrogen (secondary N) is 2. The second-order valence-electron chi connectivity index (χ2n) is 6.13. The molecule has 148 valence electrons. The van der Waals surface area contributed by atoms with Crippen molar-refractivity contribution in [3.05, 3.63) is 51.7 Å². The fourth-order valence-electron chi connectivity index (χ4n) is 2.31. The number of carbonyl (C=O) groups is 4. The van der Waals surface area contributed by atoms with Crippen LogP contribution in [0.5, 0.6) is 0 Å². The summed E-state index contributed by atoms with van der Waals surface area (Å²) in [5, 5.41) is 6.89. The van der Waals surface area contributed by atoms with Gasteiger partial charge in [0, 0.05) is 12.1 Å². The highest BCUT2D eigenvalue weighted by Crippen LogP contribution is 2.17. The number of anilines is 1. The van der Waals surface area contributed by atoms with Gasteiger partial charge in [-0.3, -0.25) is 19.2 Å². The van der Waals surface area contributed by atoms with Crippen molar-refractivity contribution in [2.24, 2.45) is 0 Å². The lowest BCUT2D eigenvalue weighted by molar-refractivity contribution is -0.148. The Balaban J connectivity index is 1.65. The van der Waals surface area contributed by atoms with Crippen molar-refractivity contribution in [3.8, 4) is 0 Å². The standard InChI is InChI=1S/C20H22N2O5S/c1-13-5-3-6-15(14(13)2)22-18(24)11-21-19(25)12-27-20(26)9-8-16(23)17-7-4-10-28-17/h3-7,10H,8-9,11-12H2,1-2H3,(H,21,25)(H,22,24). The van der Waals surface area contributed by atoms with Crippen molar-refractivity contribution in [1.29, 1.82) is 0 Å². The van der Waals surface area contributed by atoms with E-state index >= 15 is 0 Å². The number of carbonyl (C=O) groups excluding carboxylic acids is 4. The quantitative estimate of drug-likeness (QED) is 0.496. The largest absolute Gasteiger partial charge is 0.456 e. The van der Waals surface area contributed by atoms with Gasteiger partial charge in [0.15, 0.2) is 12.4 Å². The molecule has 0 bridgehead atoms. The van der Waals surface area contributed by atoms with Gasteiger partial charge in [-0.1, -0.05) is 18.2 Å². The number of ether oxygens (including phenoxy) is 1. The molecule has 0 radical (unpaired) electrons. The van der Waals surface area contributed by atoms with Gasteiger partial charge in [0.25, 0.3) is 5.91 Å². The average molecular weight is 402 g/mol. The fraction of sp³-hybridized carbons (Fsp3) is 0.300. The molecule has 0 aliphatic heterocycles. The normalized spacial score (nSPS) is 10.2. The van der Waals surface area contributed by atoms with Gasteiger partial charge in [-0.05, 0) is 42.5 Å². The van der Waals surface area contributed by atoms with E-state index in [1.165, 1.54) is 11.3 Å². The monoisotopic (exact) mass is 402 g/mol. The lowest BCUT2D eigenvalue weighted by Gasteiger charge is -2.11. The number of amides is 2. The highest BCUT2D eigenvalue weighted by Gasteiger charge is 2.13. The fourth-order valence-corrected chi connectivity index (χ4v) is 3.00. The third-order valence-corrected chi connectivity index (χ3v) is 4.95. The molecule has 2 rings (SSSR count). The predicted octanol–water partition coefficient (Wildman–Crippen LogP) is 2.63. The van der Waals surface area contributed by atoms with Crippen molar-refractivity contribution in [2.75, 3.05) is 18.5 Å². The summed E-state index contributed by atoms with van der Waals surface area (Å²) in [6.07, 6.45) is -0.0731. The smallest absolute Gasteiger partial charge is 0.306 e. The van der Waals surface area contributed by atoms with Crippen molar-refractivity contribution in [2.45, 2.75) is 26.7 Å². The summed E-state index contributed by atoms with van der Waals surface area (Å²) in [6, 6.07) is 9.00. The van der Waals surface area contributed by atoms with Crippen LogP contribution in [0.1, 0.15) is 33.6 Å². The minimum absolute atomic E-state index is 0.0270. The topological polar surface area (TPSA) is 102 Å². The first-order valence-corrected chi connectivity index (χ1v) is 9.60. The minimum atomic E-state index is -0.639. The van der Waals surface area contributed by atoms with Crippen LogP contribution in [-0.4, -0.2) is 36.7 Å². The van der Waals surface area contributed by atoms with Crippen LogP contribution in [0.4, 0.5) is 5.69 Å². The molecule has 0 saturated carbocycles. The molecule has 0 aliphatic carbocycles. The molecule has 0 atom stereocenters. The number of aryl methyl sites for hydroxylation is 1. The van der Waals surface area contributed by atoms with E-state index in [9.17, 15) is 19.2 Å². The van der Waals surface area contributed by atoms with Gasteiger partial charge < -0.3 is 15.4 Å². The van der Waals surface area contributed by atoms with E-state index in [0.29, 0.717) is 10.6 Å². The average Bonchev–Trinajstić information content (AvgIpc) is 3.21. The number of Topliss-reactive ketones (excluding diaryl/α,β-unsaturated/α-hetero) is 1. The number of rotatable bonds is 9. The number of esters is 1. The summed E-state index contributed by atoms with van der Waals surface area (Å²) in [6.45, 7) is 3.10. The first-order chi connectivity index (χ1) is 13.4. The Morgan fingerprint density at radius 1 is 1.00 bits per heavy atom. The lowest BCUT2D eigenvalue weighted by Crippen LogP contribution is -2.35. The van der Waals surface area contributed by atoms with Gasteiger partial charge >= 0.3 is 5.97 Å². The second kappa shape index (κ2) is 10.4. The summed E-state index contributed by atoms with van der Waals surface area (Å²) in [7, 11) is 0. The zero-order valence-electron chi connectivity index (χ0n) is 15.7. The molecular formula is C20H22N2O5S. The SMILES string of the molecule is Cc1cccc(NC(=O)CNC(=O)COC(=O)CCC(=O)c2cccs2)c1C. The molecule has 0 spiro atoms. The number of thiophene rings is 1. The van der Waals surface area contributed by atoms with Crippen LogP contribution in [0, 0.1) is 13.8 Å². The van der Waals surface area contributed by atoms with Crippen LogP contribution in [0.3, 0.4) is 0 Å². The number of hydrogen-bond acceptors (Lipinski definition) is 6. The van der Waals surface area contributed by atoms with Crippen molar-refractivity contribution >= 4 is 40.6 Å². The summed E-state index contributed by atoms with van der Waals surface area (Å²) >= 11 is 1.31. The molecule has 2 aromatic rings. The Morgan fingerprint density at radius 2 is 1.79 bits per heavy atom. The zero-order valence-corrected chi connectivity index (χ0v) is 16.6. The van der Waals surface area contributed by atoms with E-state index in [0.717, 1.165) is 11.1 Å². The van der Waals surface area contributed by atoms with E-state index < -0.39 is 18.5 Å². The van der Waals surface area contributed by atoms with Crippen molar-refractivity contribution in [1.82, 2.24) is 5.32 Å². The Labute approximate surface area is 167 Å². The Kier molecular flexibility index (Phi) is 7.88. The Hall–Kier alpha value is -3.00. The molecule has 8 heteroatoms. The number of hydrogen-bond donors (Lipinski definition) is 2. The summed E-state index contributed by atoms with van der Waals surface area (Å²) in [5.74, 6) is -1.75. The van der Waals surface area contributed by atoms with Crippen LogP contribution in [-0.2, 0) is 19.1 Å². The second-order valence-corrected chi connectivity index (χ2v) is 7.08. The molecule has 0 saturated heterocycles. The van der Waals surface area contributed by atoms with E-state index in [-0.39, 0.29) is 31.1 Å². The maximum Gasteiger partial charge on any atom is 0.306 e. The van der Waals surface area contributed by atoms with Gasteiger partial charge in [0.2, 0.25) is 5.91 Å². The van der Waals surface area contributed by atoms with Gasteiger partial charge in [-0.25, -0.2) is 0 Å². The van der Waals surface area contributed by atoms with E-state index in [2.05, 4.69) is 10.6 Å². The van der Waals surface area contributed by atoms with Gasteiger partial charge in [-0.15, -0.1) is 11.3 Å². The highest BCUT2D eigenvalue weighted by molar-refractivity contribution is 7.12. The van der Waals surface area contributed by atoms with Crippen LogP contribution in [0.2, 0.25) is 0 Å². The molecule has 1 heterocycles. The van der Waals surface area contributed by atoms with Crippen molar-refractivity contribution in [3.63, 3.8) is 0 Å². The van der Waals surface area contributed by atoms with Crippen LogP contribution >= 0.6 is 11.3 Å². The lowest BCUT2D eigenvalue weighted by atomic mass is 10.1. The highest BCUT2D eigenvalue weighted by atomic mass is 32.1. The van der Waals surface area contributed by atoms with Crippen molar-refractivity contribution < 1.29 is 23.9 Å². The first kappa shape index (κ1) is 21.3. The van der Waals surface area contributed by atoms with E-state index in [1.807, 2.05) is 26.0 Å². The molecule has 2 amide bonds. The van der Waals surface area contributed by atoms with Crippen LogP contribution in [0.15, 0.2) is 35.7 Å². The van der Waals surface area contributed by atoms with Gasteiger partial charge in [-0.2, -0.15) is 0 Å². The summed E-state index contributed by atoms with van der Waals surface area (Å²) in [4.78, 5) is 47.7. The first-order valence-electron chi connectivity index (χ1n) is 8.72. The number of benzene rings is 1. The maximum absolute atomic E-state index is 11.9. The third kappa shape index (κ3) is 6.62. The molecule has 0 aliphatic rings. The Bertz CT molecular complexity index is 861. The molecule has 1 aromatic heterocycles. The van der Waals surface area contributed by atoms with E-state index in [1.54, 1.807) is 23.6 Å². The molecule has 7 nitrogen and oxygen atoms in total. The molecule has 0 unspecified atom stereocenters. The van der Waals surface area contributed by atoms with Gasteiger partial charge in [0.1, 0.15) is 0 Å². The Morgan fingerprint density at radius 3 is 2.50 bits per heavy atom. The summed E-state index contributed by atoms with van der Waals surface area (Å²) in [5.41, 5.74) is 2.68. The molecular weight excluding hydrogens is 380 g/mol. The minimum Gasteiger partial charge on any atom is -0.456 e. The van der Waals surface area contributed by atoms with Crippen LogP contribution < -0.4 is 10.6 Å². The predicted molar refractivity (Wildman–Crippen MR) is 106 cm³/mol. The molecule has 2 N–H and O–H groups in total. The van der Waals surface area contributed by atoms with E-state index in [4.69, 9.17) is 4.74 Å².